The van der Waals surface area contributed by atoms with Crippen molar-refractivity contribution in [3.05, 3.63) is 59.7 Å². The lowest BCUT2D eigenvalue weighted by atomic mass is 10.1. The van der Waals surface area contributed by atoms with Gasteiger partial charge in [-0.3, -0.25) is 0 Å². The van der Waals surface area contributed by atoms with Gasteiger partial charge in [-0.25, -0.2) is 13.1 Å². The van der Waals surface area contributed by atoms with Gasteiger partial charge in [0.05, 0.1) is 19.0 Å². The molecular formula is C18H23NO4S2. The number of aliphatic hydroxyl groups excluding tert-OH is 1. The third-order valence-corrected chi connectivity index (χ3v) is 5.91. The van der Waals surface area contributed by atoms with Crippen molar-refractivity contribution >= 4 is 21.8 Å². The van der Waals surface area contributed by atoms with E-state index in [9.17, 15) is 13.5 Å². The Morgan fingerprint density at radius 1 is 1.12 bits per heavy atom. The molecule has 0 amide bonds. The van der Waals surface area contributed by atoms with E-state index in [1.807, 2.05) is 42.7 Å². The number of hydrogen-bond donors (Lipinski definition) is 2. The zero-order valence-electron chi connectivity index (χ0n) is 14.3. The summed E-state index contributed by atoms with van der Waals surface area (Å²) in [7, 11) is -1.87. The highest BCUT2D eigenvalue weighted by Crippen LogP contribution is 2.19. The van der Waals surface area contributed by atoms with Crippen LogP contribution in [0.15, 0.2) is 53.4 Å². The Hall–Kier alpha value is -1.54. The second-order valence-corrected chi connectivity index (χ2v) is 8.36. The Morgan fingerprint density at radius 3 is 2.32 bits per heavy atom. The lowest BCUT2D eigenvalue weighted by Crippen LogP contribution is -2.31. The number of aliphatic hydroxyl groups is 1. The van der Waals surface area contributed by atoms with Gasteiger partial charge in [0.25, 0.3) is 0 Å². The summed E-state index contributed by atoms with van der Waals surface area (Å²) in [5.74, 6) is 0.706. The Bertz CT molecular complexity index is 759. The van der Waals surface area contributed by atoms with Gasteiger partial charge in [-0.05, 0) is 48.1 Å². The van der Waals surface area contributed by atoms with Gasteiger partial charge >= 0.3 is 0 Å². The van der Waals surface area contributed by atoms with Gasteiger partial charge in [0.2, 0.25) is 10.0 Å². The van der Waals surface area contributed by atoms with Crippen LogP contribution in [0, 0.1) is 0 Å². The van der Waals surface area contributed by atoms with E-state index in [2.05, 4.69) is 4.72 Å². The molecule has 2 N–H and O–H groups in total. The molecule has 7 heteroatoms. The van der Waals surface area contributed by atoms with Crippen molar-refractivity contribution < 1.29 is 18.3 Å². The topological polar surface area (TPSA) is 75.6 Å². The van der Waals surface area contributed by atoms with E-state index in [1.165, 1.54) is 0 Å². The molecule has 0 radical (unpaired) electrons. The average molecular weight is 382 g/mol. The van der Waals surface area contributed by atoms with E-state index in [-0.39, 0.29) is 12.3 Å². The summed E-state index contributed by atoms with van der Waals surface area (Å²) in [6, 6.07) is 14.7. The lowest BCUT2D eigenvalue weighted by molar-refractivity contribution is 0.182. The minimum Gasteiger partial charge on any atom is -0.497 e. The highest BCUT2D eigenvalue weighted by atomic mass is 32.2. The van der Waals surface area contributed by atoms with E-state index in [0.717, 1.165) is 16.2 Å². The van der Waals surface area contributed by atoms with Crippen LogP contribution in [0.2, 0.25) is 0 Å². The van der Waals surface area contributed by atoms with Crippen molar-refractivity contribution in [2.45, 2.75) is 17.4 Å². The van der Waals surface area contributed by atoms with E-state index in [0.29, 0.717) is 12.0 Å². The molecule has 2 aromatic carbocycles. The van der Waals surface area contributed by atoms with Gasteiger partial charge in [-0.15, -0.1) is 11.8 Å². The molecule has 0 aromatic heterocycles. The monoisotopic (exact) mass is 381 g/mol. The Kier molecular flexibility index (Phi) is 7.31. The molecule has 0 heterocycles. The third-order valence-electron chi connectivity index (χ3n) is 3.82. The second kappa shape index (κ2) is 9.24. The number of nitrogens with one attached hydrogen (secondary N) is 1. The van der Waals surface area contributed by atoms with Crippen molar-refractivity contribution in [1.82, 2.24) is 4.72 Å². The van der Waals surface area contributed by atoms with E-state index < -0.39 is 16.1 Å². The molecule has 136 valence electrons. The SMILES string of the molecule is COc1ccc(CCS(=O)(=O)NC[C@@H](O)c2ccc(SC)cc2)cc1. The second-order valence-electron chi connectivity index (χ2n) is 5.55. The summed E-state index contributed by atoms with van der Waals surface area (Å²) >= 11 is 1.61. The first-order valence-electron chi connectivity index (χ1n) is 7.86. The van der Waals surface area contributed by atoms with Crippen LogP contribution in [0.1, 0.15) is 17.2 Å². The summed E-state index contributed by atoms with van der Waals surface area (Å²) in [5.41, 5.74) is 1.61. The number of methoxy groups -OCH3 is 1. The molecule has 2 rings (SSSR count). The smallest absolute Gasteiger partial charge is 0.212 e. The van der Waals surface area contributed by atoms with Crippen molar-refractivity contribution in [1.29, 1.82) is 0 Å². The summed E-state index contributed by atoms with van der Waals surface area (Å²) < 4.78 is 31.8. The van der Waals surface area contributed by atoms with Crippen LogP contribution in [0.3, 0.4) is 0 Å². The van der Waals surface area contributed by atoms with Gasteiger partial charge in [-0.2, -0.15) is 0 Å². The number of hydrogen-bond acceptors (Lipinski definition) is 5. The van der Waals surface area contributed by atoms with Crippen LogP contribution in [-0.4, -0.2) is 39.2 Å². The van der Waals surface area contributed by atoms with Gasteiger partial charge in [-0.1, -0.05) is 24.3 Å². The highest BCUT2D eigenvalue weighted by molar-refractivity contribution is 7.98. The minimum absolute atomic E-state index is 0.0303. The lowest BCUT2D eigenvalue weighted by Gasteiger charge is -2.13. The largest absolute Gasteiger partial charge is 0.497 e. The van der Waals surface area contributed by atoms with Crippen molar-refractivity contribution in [2.24, 2.45) is 0 Å². The first-order chi connectivity index (χ1) is 11.9. The molecule has 0 saturated heterocycles. The third kappa shape index (κ3) is 6.36. The maximum atomic E-state index is 12.1. The van der Waals surface area contributed by atoms with Crippen LogP contribution >= 0.6 is 11.8 Å². The van der Waals surface area contributed by atoms with Gasteiger partial charge in [0, 0.05) is 11.4 Å². The number of sulfonamides is 1. The Labute approximate surface area is 153 Å². The molecule has 25 heavy (non-hydrogen) atoms. The molecule has 0 aliphatic rings. The molecule has 5 nitrogen and oxygen atoms in total. The zero-order chi connectivity index (χ0) is 18.3. The fourth-order valence-electron chi connectivity index (χ4n) is 2.27. The minimum atomic E-state index is -3.46. The van der Waals surface area contributed by atoms with Crippen LogP contribution in [-0.2, 0) is 16.4 Å². The van der Waals surface area contributed by atoms with Crippen LogP contribution < -0.4 is 9.46 Å². The van der Waals surface area contributed by atoms with Crippen molar-refractivity contribution in [2.75, 3.05) is 25.7 Å². The number of aryl methyl sites for hydroxylation is 1. The fourth-order valence-corrected chi connectivity index (χ4v) is 3.74. The quantitative estimate of drug-likeness (QED) is 0.653. The van der Waals surface area contributed by atoms with Crippen LogP contribution in [0.25, 0.3) is 0 Å². The Morgan fingerprint density at radius 2 is 1.76 bits per heavy atom. The molecule has 2 aromatic rings. The maximum Gasteiger partial charge on any atom is 0.212 e. The highest BCUT2D eigenvalue weighted by Gasteiger charge is 2.14. The number of ether oxygens (including phenoxy) is 1. The predicted octanol–water partition coefficient (Wildman–Crippen LogP) is 2.61. The molecular weight excluding hydrogens is 358 g/mol. The zero-order valence-corrected chi connectivity index (χ0v) is 15.9. The normalized spacial score (nSPS) is 12.8. The number of rotatable bonds is 9. The number of benzene rings is 2. The molecule has 0 aliphatic carbocycles. The summed E-state index contributed by atoms with van der Waals surface area (Å²) in [6.07, 6.45) is 1.51. The van der Waals surface area contributed by atoms with Crippen molar-refractivity contribution in [3.63, 3.8) is 0 Å². The van der Waals surface area contributed by atoms with Crippen LogP contribution in [0.5, 0.6) is 5.75 Å². The predicted molar refractivity (Wildman–Crippen MR) is 102 cm³/mol. The fraction of sp³-hybridized carbons (Fsp3) is 0.333. The summed E-state index contributed by atoms with van der Waals surface area (Å²) in [4.78, 5) is 1.09. The molecule has 0 aliphatic heterocycles. The van der Waals surface area contributed by atoms with Gasteiger partial charge < -0.3 is 9.84 Å². The molecule has 0 fully saturated rings. The summed E-state index contributed by atoms with van der Waals surface area (Å²) in [6.45, 7) is -0.0381. The molecule has 0 bridgehead atoms. The van der Waals surface area contributed by atoms with E-state index >= 15 is 0 Å². The van der Waals surface area contributed by atoms with Crippen LogP contribution in [0.4, 0.5) is 0 Å². The standard InChI is InChI=1S/C18H23NO4S2/c1-23-16-7-3-14(4-8-16)11-12-25(21,22)19-13-18(20)15-5-9-17(24-2)10-6-15/h3-10,18-20H,11-13H2,1-2H3/t18-/m1/s1. The Balaban J connectivity index is 1.84. The summed E-state index contributed by atoms with van der Waals surface area (Å²) in [5, 5.41) is 10.1. The van der Waals surface area contributed by atoms with Gasteiger partial charge in [0.15, 0.2) is 0 Å². The van der Waals surface area contributed by atoms with Gasteiger partial charge in [0.1, 0.15) is 5.75 Å². The molecule has 0 saturated carbocycles. The first kappa shape index (κ1) is 19.8. The maximum absolute atomic E-state index is 12.1. The molecule has 1 atom stereocenters. The molecule has 0 unspecified atom stereocenters. The van der Waals surface area contributed by atoms with E-state index in [1.54, 1.807) is 31.0 Å². The number of thioether (sulfide) groups is 1. The van der Waals surface area contributed by atoms with Crippen molar-refractivity contribution in [3.8, 4) is 5.75 Å². The molecule has 0 spiro atoms. The van der Waals surface area contributed by atoms with E-state index in [4.69, 9.17) is 4.74 Å². The average Bonchev–Trinajstić information content (AvgIpc) is 2.65. The first-order valence-corrected chi connectivity index (χ1v) is 10.7.